The number of rotatable bonds is 7. The van der Waals surface area contributed by atoms with Gasteiger partial charge in [0.25, 0.3) is 5.91 Å². The first kappa shape index (κ1) is 23.8. The van der Waals surface area contributed by atoms with Crippen molar-refractivity contribution in [3.8, 4) is 5.75 Å². The maximum absolute atomic E-state index is 13.2. The van der Waals surface area contributed by atoms with E-state index in [-0.39, 0.29) is 24.6 Å². The summed E-state index contributed by atoms with van der Waals surface area (Å²) in [5.41, 5.74) is 4.23. The molecule has 3 aromatic rings. The number of carboxylic acid groups (broad SMARTS) is 1. The Hall–Kier alpha value is -3.31. The fourth-order valence-corrected chi connectivity index (χ4v) is 4.47. The maximum Gasteiger partial charge on any atom is 0.323 e. The minimum atomic E-state index is -1.04. The van der Waals surface area contributed by atoms with Crippen LogP contribution in [0, 0.1) is 6.92 Å². The minimum Gasteiger partial charge on any atom is -0.487 e. The molecule has 0 saturated heterocycles. The Kier molecular flexibility index (Phi) is 6.94. The van der Waals surface area contributed by atoms with Gasteiger partial charge in [-0.05, 0) is 73.7 Å². The van der Waals surface area contributed by atoms with Gasteiger partial charge in [0.1, 0.15) is 17.9 Å². The smallest absolute Gasteiger partial charge is 0.323 e. The molecule has 4 rings (SSSR count). The molecular formula is C28H28ClNO4. The molecule has 1 aliphatic rings. The van der Waals surface area contributed by atoms with E-state index in [1.165, 1.54) is 4.90 Å². The normalized spacial score (nSPS) is 16.9. The van der Waals surface area contributed by atoms with Crippen molar-refractivity contribution in [2.75, 3.05) is 6.54 Å². The van der Waals surface area contributed by atoms with Crippen LogP contribution in [0.2, 0.25) is 5.02 Å². The third-order valence-corrected chi connectivity index (χ3v) is 6.44. The number of carboxylic acids is 1. The van der Waals surface area contributed by atoms with Gasteiger partial charge in [0.15, 0.2) is 0 Å². The predicted molar refractivity (Wildman–Crippen MR) is 133 cm³/mol. The first-order valence-corrected chi connectivity index (χ1v) is 11.7. The van der Waals surface area contributed by atoms with Crippen LogP contribution in [0.15, 0.2) is 66.7 Å². The Labute approximate surface area is 204 Å². The molecule has 0 bridgehead atoms. The lowest BCUT2D eigenvalue weighted by atomic mass is 9.87. The number of nitrogens with zero attached hydrogens (tertiary/aromatic N) is 1. The van der Waals surface area contributed by atoms with E-state index < -0.39 is 5.97 Å². The second kappa shape index (κ2) is 9.90. The Morgan fingerprint density at radius 3 is 2.38 bits per heavy atom. The van der Waals surface area contributed by atoms with Gasteiger partial charge in [-0.3, -0.25) is 9.59 Å². The number of halogens is 1. The van der Waals surface area contributed by atoms with E-state index in [2.05, 4.69) is 6.92 Å². The zero-order valence-corrected chi connectivity index (χ0v) is 20.1. The van der Waals surface area contributed by atoms with E-state index in [0.29, 0.717) is 10.6 Å². The number of aliphatic carboxylic acids is 1. The van der Waals surface area contributed by atoms with Gasteiger partial charge in [-0.1, -0.05) is 53.6 Å². The van der Waals surface area contributed by atoms with Crippen molar-refractivity contribution in [2.24, 2.45) is 0 Å². The van der Waals surface area contributed by atoms with Crippen LogP contribution in [0.25, 0.3) is 0 Å². The van der Waals surface area contributed by atoms with Crippen molar-refractivity contribution >= 4 is 23.5 Å². The number of carbonyl (C=O) groups is 2. The molecule has 176 valence electrons. The number of ether oxygens (including phenoxy) is 1. The molecule has 0 unspecified atom stereocenters. The van der Waals surface area contributed by atoms with Crippen LogP contribution in [0.4, 0.5) is 0 Å². The summed E-state index contributed by atoms with van der Waals surface area (Å²) in [5, 5.41) is 10.1. The highest BCUT2D eigenvalue weighted by Crippen LogP contribution is 2.36. The van der Waals surface area contributed by atoms with Gasteiger partial charge in [-0.25, -0.2) is 0 Å². The van der Waals surface area contributed by atoms with Crippen LogP contribution >= 0.6 is 11.6 Å². The van der Waals surface area contributed by atoms with Gasteiger partial charge in [0, 0.05) is 23.6 Å². The van der Waals surface area contributed by atoms with E-state index in [0.717, 1.165) is 47.3 Å². The average Bonchev–Trinajstić information content (AvgIpc) is 2.80. The second-order valence-corrected chi connectivity index (χ2v) is 9.65. The van der Waals surface area contributed by atoms with Crippen molar-refractivity contribution in [3.63, 3.8) is 0 Å². The van der Waals surface area contributed by atoms with Crippen molar-refractivity contribution in [2.45, 2.75) is 45.3 Å². The van der Waals surface area contributed by atoms with Crippen molar-refractivity contribution < 1.29 is 19.4 Å². The number of benzene rings is 3. The number of carbonyl (C=O) groups excluding carboxylic acids is 1. The number of hydrogen-bond donors (Lipinski definition) is 1. The lowest BCUT2D eigenvalue weighted by molar-refractivity contribution is -0.137. The molecule has 1 N–H and O–H groups in total. The van der Waals surface area contributed by atoms with Crippen LogP contribution in [-0.4, -0.2) is 34.0 Å². The molecule has 34 heavy (non-hydrogen) atoms. The van der Waals surface area contributed by atoms with Crippen molar-refractivity contribution in [3.05, 3.63) is 99.6 Å². The molecule has 0 spiro atoms. The Balaban J connectivity index is 1.50. The predicted octanol–water partition coefficient (Wildman–Crippen LogP) is 5.70. The largest absolute Gasteiger partial charge is 0.487 e. The lowest BCUT2D eigenvalue weighted by Gasteiger charge is -2.36. The van der Waals surface area contributed by atoms with Crippen LogP contribution in [0.1, 0.15) is 46.0 Å². The topological polar surface area (TPSA) is 66.8 Å². The van der Waals surface area contributed by atoms with Gasteiger partial charge in [-0.15, -0.1) is 0 Å². The van der Waals surface area contributed by atoms with E-state index >= 15 is 0 Å². The summed E-state index contributed by atoms with van der Waals surface area (Å²) in [6.07, 6.45) is 2.34. The summed E-state index contributed by atoms with van der Waals surface area (Å²) in [7, 11) is 0. The molecule has 0 saturated carbocycles. The molecule has 0 fully saturated rings. The highest BCUT2D eigenvalue weighted by atomic mass is 35.5. The lowest BCUT2D eigenvalue weighted by Crippen LogP contribution is -2.39. The van der Waals surface area contributed by atoms with Gasteiger partial charge >= 0.3 is 5.97 Å². The fourth-order valence-electron chi connectivity index (χ4n) is 4.34. The maximum atomic E-state index is 13.2. The number of aryl methyl sites for hydroxylation is 2. The second-order valence-electron chi connectivity index (χ2n) is 9.22. The SMILES string of the molecule is Cc1ccc(CN(CC(=O)O)C(=O)c2ccc3c(c2)CC[C@](C)(Cc2ccc(Cl)cc2)O3)cc1. The number of hydrogen-bond acceptors (Lipinski definition) is 3. The third-order valence-electron chi connectivity index (χ3n) is 6.19. The van der Waals surface area contributed by atoms with Crippen LogP contribution in [-0.2, 0) is 24.2 Å². The molecule has 0 radical (unpaired) electrons. The summed E-state index contributed by atoms with van der Waals surface area (Å²) in [5.74, 6) is -0.581. The van der Waals surface area contributed by atoms with Crippen LogP contribution < -0.4 is 4.74 Å². The summed E-state index contributed by atoms with van der Waals surface area (Å²) < 4.78 is 6.37. The summed E-state index contributed by atoms with van der Waals surface area (Å²) in [6, 6.07) is 20.9. The van der Waals surface area contributed by atoms with Gasteiger partial charge in [0.05, 0.1) is 0 Å². The Morgan fingerprint density at radius 2 is 1.71 bits per heavy atom. The summed E-state index contributed by atoms with van der Waals surface area (Å²) >= 11 is 6.00. The van der Waals surface area contributed by atoms with Crippen molar-refractivity contribution in [1.29, 1.82) is 0 Å². The molecule has 0 aliphatic carbocycles. The highest BCUT2D eigenvalue weighted by Gasteiger charge is 2.32. The van der Waals surface area contributed by atoms with Crippen LogP contribution in [0.3, 0.4) is 0 Å². The number of amides is 1. The molecule has 1 amide bonds. The Bertz CT molecular complexity index is 1190. The molecular weight excluding hydrogens is 450 g/mol. The molecule has 6 heteroatoms. The zero-order valence-electron chi connectivity index (χ0n) is 19.4. The molecule has 1 aliphatic heterocycles. The zero-order chi connectivity index (χ0) is 24.3. The summed E-state index contributed by atoms with van der Waals surface area (Å²) in [4.78, 5) is 26.1. The van der Waals surface area contributed by atoms with E-state index in [1.54, 1.807) is 6.07 Å². The molecule has 0 aromatic heterocycles. The standard InChI is InChI=1S/C28H28ClNO4/c1-19-3-5-21(6-4-19)17-30(18-26(31)32)27(33)23-9-12-25-22(15-23)13-14-28(2,34-25)16-20-7-10-24(29)11-8-20/h3-12,15H,13-14,16-18H2,1-2H3,(H,31,32)/t28-/m1/s1. The van der Waals surface area contributed by atoms with Crippen LogP contribution in [0.5, 0.6) is 5.75 Å². The monoisotopic (exact) mass is 477 g/mol. The summed E-state index contributed by atoms with van der Waals surface area (Å²) in [6.45, 7) is 3.96. The first-order valence-electron chi connectivity index (χ1n) is 11.3. The average molecular weight is 478 g/mol. The molecule has 3 aromatic carbocycles. The van der Waals surface area contributed by atoms with E-state index in [4.69, 9.17) is 16.3 Å². The van der Waals surface area contributed by atoms with E-state index in [9.17, 15) is 14.7 Å². The molecule has 1 atom stereocenters. The van der Waals surface area contributed by atoms with Gasteiger partial charge in [-0.2, -0.15) is 0 Å². The van der Waals surface area contributed by atoms with Gasteiger partial charge < -0.3 is 14.7 Å². The minimum absolute atomic E-state index is 0.234. The number of fused-ring (bicyclic) bond motifs is 1. The quantitative estimate of drug-likeness (QED) is 0.474. The fraction of sp³-hybridized carbons (Fsp3) is 0.286. The third kappa shape index (κ3) is 5.78. The molecule has 1 heterocycles. The first-order chi connectivity index (χ1) is 16.2. The van der Waals surface area contributed by atoms with E-state index in [1.807, 2.05) is 67.6 Å². The Morgan fingerprint density at radius 1 is 1.03 bits per heavy atom. The van der Waals surface area contributed by atoms with Crippen molar-refractivity contribution in [1.82, 2.24) is 4.90 Å². The molecule has 5 nitrogen and oxygen atoms in total. The highest BCUT2D eigenvalue weighted by molar-refractivity contribution is 6.30. The van der Waals surface area contributed by atoms with Gasteiger partial charge in [0.2, 0.25) is 0 Å².